The molecule has 0 unspecified atom stereocenters. The van der Waals surface area contributed by atoms with E-state index in [9.17, 15) is 0 Å². The number of halogens is 2. The summed E-state index contributed by atoms with van der Waals surface area (Å²) >= 11 is 10.7. The predicted molar refractivity (Wildman–Crippen MR) is 61.6 cm³/mol. The first kappa shape index (κ1) is 11.1. The predicted octanol–water partition coefficient (Wildman–Crippen LogP) is 2.67. The van der Waals surface area contributed by atoms with Crippen molar-refractivity contribution in [2.45, 2.75) is 0 Å². The molecule has 6 heteroatoms. The summed E-state index contributed by atoms with van der Waals surface area (Å²) in [5.41, 5.74) is 0. The molecular weight excluding hydrogens is 274 g/mol. The molecule has 13 heavy (non-hydrogen) atoms. The average molecular weight is 283 g/mol. The lowest BCUT2D eigenvalue weighted by atomic mass is 10.5. The highest BCUT2D eigenvalue weighted by Gasteiger charge is 2.01. The van der Waals surface area contributed by atoms with Crippen molar-refractivity contribution >= 4 is 45.1 Å². The van der Waals surface area contributed by atoms with E-state index in [4.69, 9.17) is 11.6 Å². The van der Waals surface area contributed by atoms with Gasteiger partial charge in [0, 0.05) is 18.5 Å². The lowest BCUT2D eigenvalue weighted by Gasteiger charge is -2.05. The number of rotatable bonds is 4. The van der Waals surface area contributed by atoms with Crippen LogP contribution in [0.15, 0.2) is 10.7 Å². The summed E-state index contributed by atoms with van der Waals surface area (Å²) < 4.78 is 0.831. The zero-order valence-corrected chi connectivity index (χ0v) is 10.2. The maximum atomic E-state index is 5.64. The van der Waals surface area contributed by atoms with Gasteiger partial charge in [-0.25, -0.2) is 4.98 Å². The van der Waals surface area contributed by atoms with E-state index < -0.39 is 0 Å². The Morgan fingerprint density at radius 3 is 3.15 bits per heavy atom. The van der Waals surface area contributed by atoms with E-state index in [1.807, 2.05) is 0 Å². The van der Waals surface area contributed by atoms with Crippen LogP contribution in [0.1, 0.15) is 0 Å². The van der Waals surface area contributed by atoms with Gasteiger partial charge in [0.25, 0.3) is 0 Å². The number of hydrogen-bond donors (Lipinski definition) is 1. The molecule has 0 radical (unpaired) electrons. The molecule has 3 nitrogen and oxygen atoms in total. The smallest absolute Gasteiger partial charge is 0.224 e. The zero-order valence-electron chi connectivity index (χ0n) is 7.05. The van der Waals surface area contributed by atoms with Crippen molar-refractivity contribution in [1.29, 1.82) is 0 Å². The second-order valence-corrected chi connectivity index (χ2v) is 4.43. The van der Waals surface area contributed by atoms with Gasteiger partial charge in [-0.1, -0.05) is 0 Å². The molecule has 0 fully saturated rings. The van der Waals surface area contributed by atoms with Gasteiger partial charge >= 0.3 is 0 Å². The maximum Gasteiger partial charge on any atom is 0.224 e. The molecule has 0 saturated heterocycles. The maximum absolute atomic E-state index is 5.64. The first-order valence-electron chi connectivity index (χ1n) is 3.65. The van der Waals surface area contributed by atoms with Gasteiger partial charge in [0.15, 0.2) is 0 Å². The molecule has 0 spiro atoms. The Bertz CT molecular complexity index is 284. The minimum absolute atomic E-state index is 0.259. The van der Waals surface area contributed by atoms with E-state index in [-0.39, 0.29) is 5.28 Å². The van der Waals surface area contributed by atoms with E-state index in [1.54, 1.807) is 18.0 Å². The summed E-state index contributed by atoms with van der Waals surface area (Å²) in [5.74, 6) is 1.78. The third kappa shape index (κ3) is 3.70. The summed E-state index contributed by atoms with van der Waals surface area (Å²) in [6.07, 6.45) is 3.69. The molecule has 0 aliphatic rings. The van der Waals surface area contributed by atoms with Gasteiger partial charge in [-0.2, -0.15) is 16.7 Å². The van der Waals surface area contributed by atoms with Gasteiger partial charge in [0.05, 0.1) is 4.47 Å². The van der Waals surface area contributed by atoms with Crippen molar-refractivity contribution in [3.05, 3.63) is 16.0 Å². The van der Waals surface area contributed by atoms with Crippen LogP contribution in [0.2, 0.25) is 5.28 Å². The van der Waals surface area contributed by atoms with Crippen LogP contribution in [0.3, 0.4) is 0 Å². The number of aromatic nitrogens is 2. The summed E-state index contributed by atoms with van der Waals surface area (Å²) in [6, 6.07) is 0. The highest BCUT2D eigenvalue weighted by molar-refractivity contribution is 9.10. The number of nitrogens with zero attached hydrogens (tertiary/aromatic N) is 2. The molecule has 0 aliphatic heterocycles. The molecule has 0 aliphatic carbocycles. The average Bonchev–Trinajstić information content (AvgIpc) is 2.11. The Morgan fingerprint density at radius 1 is 1.69 bits per heavy atom. The molecular formula is C7H9BrClN3S. The summed E-state index contributed by atoms with van der Waals surface area (Å²) in [6.45, 7) is 0.868. The fraction of sp³-hybridized carbons (Fsp3) is 0.429. The Kier molecular flexibility index (Phi) is 4.83. The minimum Gasteiger partial charge on any atom is -0.368 e. The molecule has 0 amide bonds. The summed E-state index contributed by atoms with van der Waals surface area (Å²) in [5, 5.41) is 3.41. The first-order valence-corrected chi connectivity index (χ1v) is 6.21. The lowest BCUT2D eigenvalue weighted by Crippen LogP contribution is -2.06. The summed E-state index contributed by atoms with van der Waals surface area (Å²) in [4.78, 5) is 7.86. The standard InChI is InChI=1S/C7H9BrClN3S/c1-13-3-2-10-6-5(8)4-11-7(9)12-6/h4H,2-3H2,1H3,(H,10,11,12). The first-order chi connectivity index (χ1) is 6.24. The number of thioether (sulfide) groups is 1. The molecule has 1 N–H and O–H groups in total. The molecule has 1 heterocycles. The van der Waals surface area contributed by atoms with E-state index in [2.05, 4.69) is 37.5 Å². The van der Waals surface area contributed by atoms with Crippen molar-refractivity contribution in [2.75, 3.05) is 23.9 Å². The Balaban J connectivity index is 2.59. The van der Waals surface area contributed by atoms with E-state index in [0.29, 0.717) is 0 Å². The highest BCUT2D eigenvalue weighted by atomic mass is 79.9. The van der Waals surface area contributed by atoms with Gasteiger partial charge in [-0.05, 0) is 33.8 Å². The largest absolute Gasteiger partial charge is 0.368 e. The molecule has 0 atom stereocenters. The topological polar surface area (TPSA) is 37.8 Å². The number of anilines is 1. The van der Waals surface area contributed by atoms with Gasteiger partial charge in [-0.3, -0.25) is 0 Å². The van der Waals surface area contributed by atoms with E-state index in [0.717, 1.165) is 22.6 Å². The van der Waals surface area contributed by atoms with Gasteiger partial charge in [-0.15, -0.1) is 0 Å². The molecule has 1 rings (SSSR count). The van der Waals surface area contributed by atoms with Crippen molar-refractivity contribution in [3.8, 4) is 0 Å². The highest BCUT2D eigenvalue weighted by Crippen LogP contribution is 2.19. The minimum atomic E-state index is 0.259. The fourth-order valence-electron chi connectivity index (χ4n) is 0.741. The molecule has 0 aromatic carbocycles. The second kappa shape index (κ2) is 5.67. The van der Waals surface area contributed by atoms with Crippen molar-refractivity contribution in [1.82, 2.24) is 9.97 Å². The Labute approximate surface area is 94.8 Å². The monoisotopic (exact) mass is 281 g/mol. The van der Waals surface area contributed by atoms with Crippen LogP contribution in [0, 0.1) is 0 Å². The normalized spacial score (nSPS) is 10.1. The van der Waals surface area contributed by atoms with Crippen molar-refractivity contribution in [2.24, 2.45) is 0 Å². The van der Waals surface area contributed by atoms with Crippen LogP contribution in [0.5, 0.6) is 0 Å². The van der Waals surface area contributed by atoms with Crippen LogP contribution in [0.25, 0.3) is 0 Å². The molecule has 72 valence electrons. The zero-order chi connectivity index (χ0) is 9.68. The van der Waals surface area contributed by atoms with E-state index >= 15 is 0 Å². The summed E-state index contributed by atoms with van der Waals surface area (Å²) in [7, 11) is 0. The second-order valence-electron chi connectivity index (χ2n) is 2.26. The van der Waals surface area contributed by atoms with Crippen LogP contribution >= 0.6 is 39.3 Å². The van der Waals surface area contributed by atoms with Gasteiger partial charge in [0.2, 0.25) is 5.28 Å². The van der Waals surface area contributed by atoms with Crippen LogP contribution in [-0.2, 0) is 0 Å². The number of hydrogen-bond acceptors (Lipinski definition) is 4. The van der Waals surface area contributed by atoms with Crippen LogP contribution < -0.4 is 5.32 Å². The van der Waals surface area contributed by atoms with Crippen LogP contribution in [-0.4, -0.2) is 28.5 Å². The third-order valence-electron chi connectivity index (χ3n) is 1.31. The Hall–Kier alpha value is -0.000000000000000111. The fourth-order valence-corrected chi connectivity index (χ4v) is 1.51. The quantitative estimate of drug-likeness (QED) is 0.680. The SMILES string of the molecule is CSCCNc1nc(Cl)ncc1Br. The van der Waals surface area contributed by atoms with Crippen molar-refractivity contribution < 1.29 is 0 Å². The van der Waals surface area contributed by atoms with Crippen LogP contribution in [0.4, 0.5) is 5.82 Å². The van der Waals surface area contributed by atoms with Gasteiger partial charge < -0.3 is 5.32 Å². The molecule has 1 aromatic rings. The number of nitrogens with one attached hydrogen (secondary N) is 1. The molecule has 0 bridgehead atoms. The molecule has 0 saturated carbocycles. The lowest BCUT2D eigenvalue weighted by molar-refractivity contribution is 1.10. The Morgan fingerprint density at radius 2 is 2.46 bits per heavy atom. The van der Waals surface area contributed by atoms with E-state index in [1.165, 1.54) is 0 Å². The molecule has 1 aromatic heterocycles. The van der Waals surface area contributed by atoms with Crippen molar-refractivity contribution in [3.63, 3.8) is 0 Å². The van der Waals surface area contributed by atoms with Gasteiger partial charge in [0.1, 0.15) is 5.82 Å². The third-order valence-corrected chi connectivity index (χ3v) is 2.69.